The predicted octanol–water partition coefficient (Wildman–Crippen LogP) is 2.87. The summed E-state index contributed by atoms with van der Waals surface area (Å²) in [6, 6.07) is 0. The lowest BCUT2D eigenvalue weighted by atomic mass is 9.93. The van der Waals surface area contributed by atoms with Gasteiger partial charge in [0.1, 0.15) is 0 Å². The lowest BCUT2D eigenvalue weighted by Gasteiger charge is -2.32. The summed E-state index contributed by atoms with van der Waals surface area (Å²) < 4.78 is 39.4. The van der Waals surface area contributed by atoms with E-state index in [9.17, 15) is 13.2 Å². The van der Waals surface area contributed by atoms with E-state index in [4.69, 9.17) is 0 Å². The highest BCUT2D eigenvalue weighted by atomic mass is 19.4. The molecule has 2 rings (SSSR count). The Bertz CT molecular complexity index is 660. The first-order valence-corrected chi connectivity index (χ1v) is 10.5. The molecule has 0 radical (unpaired) electrons. The van der Waals surface area contributed by atoms with Crippen LogP contribution in [0.3, 0.4) is 0 Å². The topological polar surface area (TPSA) is 57.5 Å². The van der Waals surface area contributed by atoms with Crippen LogP contribution in [0.1, 0.15) is 50.1 Å². The number of nitrogens with zero attached hydrogens (tertiary/aromatic N) is 4. The average molecular weight is 417 g/mol. The Morgan fingerprint density at radius 3 is 2.41 bits per heavy atom. The lowest BCUT2D eigenvalue weighted by Crippen LogP contribution is -2.41. The number of alkyl halides is 3. The van der Waals surface area contributed by atoms with Gasteiger partial charge in [0.05, 0.1) is 12.2 Å². The molecule has 1 fully saturated rings. The molecule has 166 valence electrons. The van der Waals surface area contributed by atoms with E-state index in [-0.39, 0.29) is 0 Å². The molecule has 0 spiro atoms. The van der Waals surface area contributed by atoms with E-state index in [0.29, 0.717) is 25.6 Å². The monoisotopic (exact) mass is 416 g/mol. The number of aromatic nitrogens is 2. The van der Waals surface area contributed by atoms with Crippen LogP contribution in [0.2, 0.25) is 0 Å². The molecular weight excluding hydrogens is 381 g/mol. The van der Waals surface area contributed by atoms with Gasteiger partial charge < -0.3 is 10.6 Å². The number of hydrogen-bond donors (Lipinski definition) is 2. The Hall–Kier alpha value is -1.77. The fraction of sp³-hybridized carbons (Fsp3) is 0.800. The van der Waals surface area contributed by atoms with Crippen LogP contribution in [0.4, 0.5) is 13.2 Å². The zero-order valence-electron chi connectivity index (χ0n) is 18.1. The SMILES string of the molecule is CCc1nn(C)c(CC)c1CNC(=NC)NCCC1CCN(CC(F)(F)F)CC1. The molecule has 1 saturated heterocycles. The van der Waals surface area contributed by atoms with Gasteiger partial charge in [0.15, 0.2) is 5.96 Å². The van der Waals surface area contributed by atoms with Crippen molar-refractivity contribution in [3.05, 3.63) is 17.0 Å². The first-order valence-electron chi connectivity index (χ1n) is 10.5. The molecule has 0 unspecified atom stereocenters. The summed E-state index contributed by atoms with van der Waals surface area (Å²) in [6.45, 7) is 5.94. The second-order valence-corrected chi connectivity index (χ2v) is 7.68. The van der Waals surface area contributed by atoms with Gasteiger partial charge in [-0.2, -0.15) is 18.3 Å². The van der Waals surface area contributed by atoms with Crippen LogP contribution < -0.4 is 10.6 Å². The van der Waals surface area contributed by atoms with Crippen LogP contribution in [0.15, 0.2) is 4.99 Å². The molecule has 2 N–H and O–H groups in total. The van der Waals surface area contributed by atoms with E-state index in [1.807, 2.05) is 11.7 Å². The van der Waals surface area contributed by atoms with Gasteiger partial charge in [-0.25, -0.2) is 0 Å². The maximum Gasteiger partial charge on any atom is 0.401 e. The Morgan fingerprint density at radius 2 is 1.86 bits per heavy atom. The van der Waals surface area contributed by atoms with Crippen molar-refractivity contribution < 1.29 is 13.2 Å². The Balaban J connectivity index is 1.74. The van der Waals surface area contributed by atoms with Crippen LogP contribution in [-0.4, -0.2) is 60.0 Å². The van der Waals surface area contributed by atoms with Crippen molar-refractivity contribution in [1.29, 1.82) is 0 Å². The number of aryl methyl sites for hydroxylation is 2. The molecule has 0 amide bonds. The number of nitrogens with one attached hydrogen (secondary N) is 2. The average Bonchev–Trinajstić information content (AvgIpc) is 2.99. The van der Waals surface area contributed by atoms with Gasteiger partial charge in [-0.15, -0.1) is 0 Å². The minimum Gasteiger partial charge on any atom is -0.356 e. The highest BCUT2D eigenvalue weighted by Gasteiger charge is 2.32. The first-order chi connectivity index (χ1) is 13.8. The highest BCUT2D eigenvalue weighted by Crippen LogP contribution is 2.24. The van der Waals surface area contributed by atoms with E-state index in [1.165, 1.54) is 16.2 Å². The molecule has 0 aliphatic carbocycles. The molecule has 29 heavy (non-hydrogen) atoms. The number of likely N-dealkylation sites (tertiary alicyclic amines) is 1. The van der Waals surface area contributed by atoms with Crippen molar-refractivity contribution in [1.82, 2.24) is 25.3 Å². The molecule has 0 atom stereocenters. The van der Waals surface area contributed by atoms with Gasteiger partial charge in [0, 0.05) is 38.4 Å². The molecule has 0 aromatic carbocycles. The summed E-state index contributed by atoms with van der Waals surface area (Å²) in [7, 11) is 3.73. The summed E-state index contributed by atoms with van der Waals surface area (Å²) in [5.41, 5.74) is 3.57. The van der Waals surface area contributed by atoms with Crippen LogP contribution in [0.5, 0.6) is 0 Å². The zero-order valence-corrected chi connectivity index (χ0v) is 18.1. The third kappa shape index (κ3) is 7.21. The number of hydrogen-bond acceptors (Lipinski definition) is 3. The second-order valence-electron chi connectivity index (χ2n) is 7.68. The Kier molecular flexibility index (Phi) is 8.79. The molecule has 1 aliphatic heterocycles. The minimum atomic E-state index is -4.10. The van der Waals surface area contributed by atoms with Crippen molar-refractivity contribution in [2.45, 2.75) is 58.7 Å². The molecule has 0 bridgehead atoms. The van der Waals surface area contributed by atoms with Gasteiger partial charge in [0.2, 0.25) is 0 Å². The molecule has 1 aliphatic rings. The van der Waals surface area contributed by atoms with Gasteiger partial charge >= 0.3 is 6.18 Å². The summed E-state index contributed by atoms with van der Waals surface area (Å²) in [6.07, 6.45) is 0.297. The van der Waals surface area contributed by atoms with Crippen molar-refractivity contribution in [3.8, 4) is 0 Å². The Labute approximate surface area is 171 Å². The van der Waals surface area contributed by atoms with E-state index in [0.717, 1.165) is 50.3 Å². The molecule has 1 aromatic rings. The van der Waals surface area contributed by atoms with Crippen LogP contribution in [0.25, 0.3) is 0 Å². The molecule has 9 heteroatoms. The maximum absolute atomic E-state index is 12.5. The van der Waals surface area contributed by atoms with E-state index >= 15 is 0 Å². The Morgan fingerprint density at radius 1 is 1.17 bits per heavy atom. The van der Waals surface area contributed by atoms with Gasteiger partial charge in [-0.3, -0.25) is 14.6 Å². The minimum absolute atomic E-state index is 0.460. The molecule has 6 nitrogen and oxygen atoms in total. The fourth-order valence-electron chi connectivity index (χ4n) is 4.07. The normalized spacial score (nSPS) is 17.0. The number of halogens is 3. The second kappa shape index (κ2) is 10.8. The zero-order chi connectivity index (χ0) is 21.4. The fourth-order valence-corrected chi connectivity index (χ4v) is 4.07. The molecular formula is C20H35F3N6. The van der Waals surface area contributed by atoms with Crippen molar-refractivity contribution in [2.75, 3.05) is 33.2 Å². The maximum atomic E-state index is 12.5. The van der Waals surface area contributed by atoms with E-state index < -0.39 is 12.7 Å². The van der Waals surface area contributed by atoms with Crippen LogP contribution in [0, 0.1) is 5.92 Å². The summed E-state index contributed by atoms with van der Waals surface area (Å²) >= 11 is 0. The lowest BCUT2D eigenvalue weighted by molar-refractivity contribution is -0.148. The number of aliphatic imine (C=N–C) groups is 1. The third-order valence-electron chi connectivity index (χ3n) is 5.64. The molecule has 1 aromatic heterocycles. The van der Waals surface area contributed by atoms with Crippen molar-refractivity contribution in [3.63, 3.8) is 0 Å². The first kappa shape index (κ1) is 23.5. The largest absolute Gasteiger partial charge is 0.401 e. The van der Waals surface area contributed by atoms with Crippen LogP contribution in [-0.2, 0) is 26.4 Å². The molecule has 2 heterocycles. The van der Waals surface area contributed by atoms with E-state index in [2.05, 4.69) is 34.6 Å². The van der Waals surface area contributed by atoms with Crippen LogP contribution >= 0.6 is 0 Å². The van der Waals surface area contributed by atoms with Gasteiger partial charge in [-0.05, 0) is 51.1 Å². The quantitative estimate of drug-likeness (QED) is 0.505. The number of rotatable bonds is 8. The van der Waals surface area contributed by atoms with Crippen molar-refractivity contribution in [2.24, 2.45) is 18.0 Å². The van der Waals surface area contributed by atoms with Gasteiger partial charge in [0.25, 0.3) is 0 Å². The standard InChI is InChI=1S/C20H35F3N6/c1-5-17-16(18(6-2)28(4)27-17)13-26-19(24-3)25-10-7-15-8-11-29(12-9-15)14-20(21,22)23/h15H,5-14H2,1-4H3,(H2,24,25,26). The summed E-state index contributed by atoms with van der Waals surface area (Å²) in [5.74, 6) is 1.20. The highest BCUT2D eigenvalue weighted by molar-refractivity contribution is 5.79. The third-order valence-corrected chi connectivity index (χ3v) is 5.64. The van der Waals surface area contributed by atoms with E-state index in [1.54, 1.807) is 7.05 Å². The summed E-state index contributed by atoms with van der Waals surface area (Å²) in [5, 5.41) is 11.3. The predicted molar refractivity (Wildman–Crippen MR) is 110 cm³/mol. The summed E-state index contributed by atoms with van der Waals surface area (Å²) in [4.78, 5) is 5.80. The number of guanidine groups is 1. The number of piperidine rings is 1. The van der Waals surface area contributed by atoms with Gasteiger partial charge in [-0.1, -0.05) is 13.8 Å². The smallest absolute Gasteiger partial charge is 0.356 e. The molecule has 0 saturated carbocycles. The van der Waals surface area contributed by atoms with Crippen molar-refractivity contribution >= 4 is 5.96 Å².